The first-order chi connectivity index (χ1) is 15.7. The minimum atomic E-state index is 0.0583. The molecule has 2 aliphatic rings. The van der Waals surface area contributed by atoms with Gasteiger partial charge >= 0.3 is 0 Å². The third-order valence-electron chi connectivity index (χ3n) is 6.31. The van der Waals surface area contributed by atoms with Crippen molar-refractivity contribution in [3.8, 4) is 11.4 Å². The maximum Gasteiger partial charge on any atom is 0.233 e. The van der Waals surface area contributed by atoms with E-state index >= 15 is 0 Å². The Kier molecular flexibility index (Phi) is 7.68. The second-order valence-electron chi connectivity index (χ2n) is 8.36. The number of thioether (sulfide) groups is 1. The quantitative estimate of drug-likeness (QED) is 0.621. The van der Waals surface area contributed by atoms with Gasteiger partial charge in [0.05, 0.1) is 12.9 Å². The minimum Gasteiger partial charge on any atom is -0.497 e. The topological polar surface area (TPSA) is 80.6 Å². The first-order valence-corrected chi connectivity index (χ1v) is 12.4. The van der Waals surface area contributed by atoms with Gasteiger partial charge in [-0.25, -0.2) is 0 Å². The summed E-state index contributed by atoms with van der Waals surface area (Å²) in [6.07, 6.45) is 7.83. The third kappa shape index (κ3) is 5.43. The molecule has 0 N–H and O–H groups in total. The maximum absolute atomic E-state index is 12.9. The predicted molar refractivity (Wildman–Crippen MR) is 123 cm³/mol. The van der Waals surface area contributed by atoms with E-state index in [9.17, 15) is 9.59 Å². The monoisotopic (exact) mass is 457 g/mol. The van der Waals surface area contributed by atoms with Crippen LogP contribution >= 0.6 is 11.8 Å². The van der Waals surface area contributed by atoms with Crippen molar-refractivity contribution in [2.45, 2.75) is 43.7 Å². The van der Waals surface area contributed by atoms with Gasteiger partial charge in [-0.2, -0.15) is 0 Å². The normalized spacial score (nSPS) is 17.8. The lowest BCUT2D eigenvalue weighted by atomic mass is 9.95. The van der Waals surface area contributed by atoms with Crippen LogP contribution in [0.5, 0.6) is 5.75 Å². The van der Waals surface area contributed by atoms with E-state index in [1.165, 1.54) is 24.6 Å². The number of amides is 2. The highest BCUT2D eigenvalue weighted by molar-refractivity contribution is 7.99. The molecule has 0 aliphatic carbocycles. The largest absolute Gasteiger partial charge is 0.497 e. The Balaban J connectivity index is 1.27. The first-order valence-electron chi connectivity index (χ1n) is 11.4. The third-order valence-corrected chi connectivity index (χ3v) is 7.23. The molecule has 2 aliphatic heterocycles. The average Bonchev–Trinajstić information content (AvgIpc) is 3.14. The number of hydrogen-bond acceptors (Lipinski definition) is 6. The number of piperidine rings is 1. The number of carbonyl (C=O) groups is 2. The molecule has 0 bridgehead atoms. The molecule has 9 heteroatoms. The van der Waals surface area contributed by atoms with E-state index in [2.05, 4.69) is 15.1 Å². The van der Waals surface area contributed by atoms with Crippen LogP contribution in [0.15, 0.2) is 35.7 Å². The van der Waals surface area contributed by atoms with E-state index in [-0.39, 0.29) is 11.8 Å². The van der Waals surface area contributed by atoms with Gasteiger partial charge in [-0.05, 0) is 49.9 Å². The minimum absolute atomic E-state index is 0.0583. The number of aromatic nitrogens is 3. The Morgan fingerprint density at radius 1 is 1.00 bits per heavy atom. The summed E-state index contributed by atoms with van der Waals surface area (Å²) < 4.78 is 7.07. The molecule has 0 saturated carbocycles. The van der Waals surface area contributed by atoms with Gasteiger partial charge in [0, 0.05) is 37.8 Å². The Hall–Kier alpha value is -2.55. The zero-order valence-electron chi connectivity index (χ0n) is 18.6. The highest BCUT2D eigenvalue weighted by Crippen LogP contribution is 2.25. The van der Waals surface area contributed by atoms with Crippen molar-refractivity contribution in [3.63, 3.8) is 0 Å². The fraction of sp³-hybridized carbons (Fsp3) is 0.565. The predicted octanol–water partition coefficient (Wildman–Crippen LogP) is 3.01. The standard InChI is InChI=1S/C23H31N5O3S/c1-31-20-8-6-19(7-9-20)28-17-24-25-23(28)32-16-21(29)26-14-10-18(11-15-26)22(30)27-12-4-2-3-5-13-27/h6-9,17-18H,2-5,10-16H2,1H3. The number of likely N-dealkylation sites (tertiary alicyclic amines) is 2. The summed E-state index contributed by atoms with van der Waals surface area (Å²) in [6.45, 7) is 3.08. The molecule has 172 valence electrons. The lowest BCUT2D eigenvalue weighted by Crippen LogP contribution is -2.45. The lowest BCUT2D eigenvalue weighted by Gasteiger charge is -2.34. The average molecular weight is 458 g/mol. The van der Waals surface area contributed by atoms with E-state index < -0.39 is 0 Å². The Bertz CT molecular complexity index is 901. The molecule has 1 aromatic carbocycles. The van der Waals surface area contributed by atoms with E-state index in [1.807, 2.05) is 33.7 Å². The summed E-state index contributed by atoms with van der Waals surface area (Å²) >= 11 is 1.38. The van der Waals surface area contributed by atoms with Crippen LogP contribution in [0.1, 0.15) is 38.5 Å². The molecule has 2 fully saturated rings. The molecule has 8 nitrogen and oxygen atoms in total. The van der Waals surface area contributed by atoms with Gasteiger partial charge < -0.3 is 14.5 Å². The van der Waals surface area contributed by atoms with Gasteiger partial charge in [0.1, 0.15) is 12.1 Å². The van der Waals surface area contributed by atoms with Crippen molar-refractivity contribution in [1.29, 1.82) is 0 Å². The highest BCUT2D eigenvalue weighted by atomic mass is 32.2. The smallest absolute Gasteiger partial charge is 0.233 e. The van der Waals surface area contributed by atoms with Crippen LogP contribution in [0.3, 0.4) is 0 Å². The number of carbonyl (C=O) groups excluding carboxylic acids is 2. The van der Waals surface area contributed by atoms with Crippen LogP contribution in [-0.4, -0.2) is 75.4 Å². The molecule has 2 amide bonds. The van der Waals surface area contributed by atoms with Gasteiger partial charge in [-0.3, -0.25) is 14.2 Å². The summed E-state index contributed by atoms with van der Waals surface area (Å²) in [5.41, 5.74) is 0.915. The van der Waals surface area contributed by atoms with Gasteiger partial charge in [0.15, 0.2) is 5.16 Å². The number of hydrogen-bond donors (Lipinski definition) is 0. The number of methoxy groups -OCH3 is 1. The van der Waals surface area contributed by atoms with E-state index in [4.69, 9.17) is 4.74 Å². The summed E-state index contributed by atoms with van der Waals surface area (Å²) in [6, 6.07) is 7.62. The molecule has 2 aromatic rings. The van der Waals surface area contributed by atoms with Crippen LogP contribution in [0, 0.1) is 5.92 Å². The highest BCUT2D eigenvalue weighted by Gasteiger charge is 2.30. The van der Waals surface area contributed by atoms with Gasteiger partial charge in [-0.1, -0.05) is 24.6 Å². The number of rotatable bonds is 6. The first kappa shape index (κ1) is 22.6. The van der Waals surface area contributed by atoms with Gasteiger partial charge in [0.25, 0.3) is 0 Å². The van der Waals surface area contributed by atoms with Crippen molar-refractivity contribution in [3.05, 3.63) is 30.6 Å². The summed E-state index contributed by atoms with van der Waals surface area (Å²) in [4.78, 5) is 29.6. The summed E-state index contributed by atoms with van der Waals surface area (Å²) in [7, 11) is 1.63. The van der Waals surface area contributed by atoms with Crippen LogP contribution in [0.4, 0.5) is 0 Å². The van der Waals surface area contributed by atoms with Crippen LogP contribution in [0.2, 0.25) is 0 Å². The molecule has 2 saturated heterocycles. The fourth-order valence-electron chi connectivity index (χ4n) is 4.39. The maximum atomic E-state index is 12.9. The molecule has 0 radical (unpaired) electrons. The molecule has 1 aromatic heterocycles. The van der Waals surface area contributed by atoms with E-state index in [0.29, 0.717) is 29.9 Å². The second kappa shape index (κ2) is 10.8. The number of ether oxygens (including phenoxy) is 1. The lowest BCUT2D eigenvalue weighted by molar-refractivity contribution is -0.139. The molecule has 0 atom stereocenters. The van der Waals surface area contributed by atoms with Crippen molar-refractivity contribution in [2.75, 3.05) is 39.0 Å². The molecular weight excluding hydrogens is 426 g/mol. The van der Waals surface area contributed by atoms with Gasteiger partial charge in [0.2, 0.25) is 11.8 Å². The summed E-state index contributed by atoms with van der Waals surface area (Å²) in [5.74, 6) is 1.52. The van der Waals surface area contributed by atoms with Crippen LogP contribution < -0.4 is 4.74 Å². The Morgan fingerprint density at radius 3 is 2.34 bits per heavy atom. The molecular formula is C23H31N5O3S. The van der Waals surface area contributed by atoms with Crippen molar-refractivity contribution in [1.82, 2.24) is 24.6 Å². The molecule has 0 unspecified atom stereocenters. The Labute approximate surface area is 193 Å². The summed E-state index contributed by atoms with van der Waals surface area (Å²) in [5, 5.41) is 8.85. The zero-order valence-corrected chi connectivity index (χ0v) is 19.4. The van der Waals surface area contributed by atoms with Crippen molar-refractivity contribution < 1.29 is 14.3 Å². The number of benzene rings is 1. The second-order valence-corrected chi connectivity index (χ2v) is 9.31. The fourth-order valence-corrected chi connectivity index (χ4v) is 5.22. The van der Waals surface area contributed by atoms with Crippen molar-refractivity contribution >= 4 is 23.6 Å². The van der Waals surface area contributed by atoms with E-state index in [0.717, 1.165) is 50.2 Å². The van der Waals surface area contributed by atoms with E-state index in [1.54, 1.807) is 13.4 Å². The Morgan fingerprint density at radius 2 is 1.69 bits per heavy atom. The molecule has 0 spiro atoms. The van der Waals surface area contributed by atoms with Crippen molar-refractivity contribution in [2.24, 2.45) is 5.92 Å². The zero-order chi connectivity index (χ0) is 22.3. The van der Waals surface area contributed by atoms with Crippen LogP contribution in [-0.2, 0) is 9.59 Å². The molecule has 32 heavy (non-hydrogen) atoms. The number of nitrogens with zero attached hydrogens (tertiary/aromatic N) is 5. The molecule has 4 rings (SSSR count). The molecule has 3 heterocycles. The van der Waals surface area contributed by atoms with Gasteiger partial charge in [-0.15, -0.1) is 10.2 Å². The SMILES string of the molecule is COc1ccc(-n2cnnc2SCC(=O)N2CCC(C(=O)N3CCCCCC3)CC2)cc1. The van der Waals surface area contributed by atoms with Crippen LogP contribution in [0.25, 0.3) is 5.69 Å².